The van der Waals surface area contributed by atoms with Gasteiger partial charge in [0.15, 0.2) is 16.6 Å². The molecule has 1 aromatic rings. The lowest BCUT2D eigenvalue weighted by molar-refractivity contribution is 0.0620. The molecule has 0 spiro atoms. The molecule has 5 heteroatoms. The molecule has 0 N–H and O–H groups in total. The van der Waals surface area contributed by atoms with Crippen LogP contribution in [0, 0.1) is 0 Å². The molecule has 0 saturated carbocycles. The van der Waals surface area contributed by atoms with Crippen molar-refractivity contribution in [3.8, 4) is 0 Å². The van der Waals surface area contributed by atoms with Crippen LogP contribution < -0.4 is 5.19 Å². The zero-order valence-electron chi connectivity index (χ0n) is 13.7. The highest BCUT2D eigenvalue weighted by Gasteiger charge is 2.27. The number of hydrogen-bond donors (Lipinski definition) is 0. The summed E-state index contributed by atoms with van der Waals surface area (Å²) in [5.41, 5.74) is 1.22. The molecular formula is C15H28O2Si3. The van der Waals surface area contributed by atoms with Crippen molar-refractivity contribution < 1.29 is 8.85 Å². The van der Waals surface area contributed by atoms with Gasteiger partial charge in [-0.2, -0.15) is 0 Å². The summed E-state index contributed by atoms with van der Waals surface area (Å²) in [6.45, 7) is 17.2. The molecule has 0 saturated heterocycles. The Bertz CT molecular complexity index is 431. The molecule has 0 radical (unpaired) electrons. The average molecular weight is 325 g/mol. The molecule has 0 aliphatic carbocycles. The maximum absolute atomic E-state index is 6.30. The average Bonchev–Trinajstić information content (AvgIpc) is 2.25. The second-order valence-corrected chi connectivity index (χ2v) is 17.8. The molecule has 20 heavy (non-hydrogen) atoms. The SMILES string of the molecule is C=Cc1ccccc1[SiH2]C(O[Si](C)(C)C)O[Si](C)(C)C. The van der Waals surface area contributed by atoms with E-state index < -0.39 is 26.2 Å². The van der Waals surface area contributed by atoms with Gasteiger partial charge in [0.25, 0.3) is 0 Å². The number of rotatable bonds is 7. The Balaban J connectivity index is 2.91. The van der Waals surface area contributed by atoms with Crippen LogP contribution in [-0.4, -0.2) is 32.1 Å². The second kappa shape index (κ2) is 7.00. The summed E-state index contributed by atoms with van der Waals surface area (Å²) >= 11 is 0. The highest BCUT2D eigenvalue weighted by Crippen LogP contribution is 2.14. The third-order valence-corrected chi connectivity index (χ3v) is 6.99. The Kier molecular flexibility index (Phi) is 6.15. The fourth-order valence-corrected chi connectivity index (χ4v) is 8.56. The van der Waals surface area contributed by atoms with E-state index >= 15 is 0 Å². The van der Waals surface area contributed by atoms with Crippen molar-refractivity contribution in [1.29, 1.82) is 0 Å². The molecule has 0 aromatic heterocycles. The van der Waals surface area contributed by atoms with Crippen molar-refractivity contribution in [2.24, 2.45) is 0 Å². The maximum atomic E-state index is 6.30. The molecule has 0 unspecified atom stereocenters. The van der Waals surface area contributed by atoms with Crippen LogP contribution in [0.4, 0.5) is 0 Å². The Morgan fingerprint density at radius 3 is 1.95 bits per heavy atom. The molecule has 0 heterocycles. The summed E-state index contributed by atoms with van der Waals surface area (Å²) in [4.78, 5) is 0. The minimum absolute atomic E-state index is 0.00515. The number of benzene rings is 1. The van der Waals surface area contributed by atoms with Crippen LogP contribution in [0.25, 0.3) is 6.08 Å². The number of hydrogen-bond acceptors (Lipinski definition) is 2. The van der Waals surface area contributed by atoms with Gasteiger partial charge in [0.05, 0.1) is 0 Å². The highest BCUT2D eigenvalue weighted by atomic mass is 28.4. The Labute approximate surface area is 128 Å². The van der Waals surface area contributed by atoms with Gasteiger partial charge in [-0.1, -0.05) is 42.1 Å². The highest BCUT2D eigenvalue weighted by molar-refractivity contribution is 6.72. The summed E-state index contributed by atoms with van der Waals surface area (Å²) in [5, 5.41) is 1.38. The minimum atomic E-state index is -1.60. The van der Waals surface area contributed by atoms with Crippen LogP contribution in [0.1, 0.15) is 5.56 Å². The van der Waals surface area contributed by atoms with Gasteiger partial charge in [-0.25, -0.2) is 0 Å². The van der Waals surface area contributed by atoms with Crippen LogP contribution in [-0.2, 0) is 8.85 Å². The largest absolute Gasteiger partial charge is 0.397 e. The third kappa shape index (κ3) is 6.81. The van der Waals surface area contributed by atoms with Crippen molar-refractivity contribution in [2.75, 3.05) is 0 Å². The first-order chi connectivity index (χ1) is 9.11. The fourth-order valence-electron chi connectivity index (χ4n) is 1.99. The molecule has 112 valence electrons. The Morgan fingerprint density at radius 1 is 1.00 bits per heavy atom. The third-order valence-electron chi connectivity index (χ3n) is 2.63. The topological polar surface area (TPSA) is 18.5 Å². The lowest BCUT2D eigenvalue weighted by Gasteiger charge is -2.32. The van der Waals surface area contributed by atoms with Crippen molar-refractivity contribution in [2.45, 2.75) is 45.2 Å². The molecule has 1 aromatic carbocycles. The minimum Gasteiger partial charge on any atom is -0.397 e. The molecule has 1 rings (SSSR count). The molecule has 0 amide bonds. The molecule has 0 fully saturated rings. The summed E-state index contributed by atoms with van der Waals surface area (Å²) in [7, 11) is -3.83. The lowest BCUT2D eigenvalue weighted by Crippen LogP contribution is -2.46. The Hall–Kier alpha value is -0.469. The first-order valence-corrected chi connectivity index (χ1v) is 15.5. The van der Waals surface area contributed by atoms with E-state index in [-0.39, 0.29) is 5.91 Å². The first kappa shape index (κ1) is 17.6. The normalized spacial score (nSPS) is 13.3. The summed E-state index contributed by atoms with van der Waals surface area (Å²) in [5.74, 6) is -0.00515. The molecular weight excluding hydrogens is 296 g/mol. The quantitative estimate of drug-likeness (QED) is 0.567. The van der Waals surface area contributed by atoms with Gasteiger partial charge in [-0.05, 0) is 44.8 Å². The molecule has 0 atom stereocenters. The van der Waals surface area contributed by atoms with E-state index in [0.717, 1.165) is 0 Å². The lowest BCUT2D eigenvalue weighted by atomic mass is 10.2. The monoisotopic (exact) mass is 324 g/mol. The molecule has 0 aliphatic rings. The van der Waals surface area contributed by atoms with E-state index in [1.54, 1.807) is 0 Å². The van der Waals surface area contributed by atoms with E-state index in [2.05, 4.69) is 70.1 Å². The van der Waals surface area contributed by atoms with E-state index in [9.17, 15) is 0 Å². The second-order valence-electron chi connectivity index (χ2n) is 7.00. The van der Waals surface area contributed by atoms with Gasteiger partial charge in [0.2, 0.25) is 0 Å². The van der Waals surface area contributed by atoms with Gasteiger partial charge in [-0.3, -0.25) is 0 Å². The Morgan fingerprint density at radius 2 is 1.50 bits per heavy atom. The molecule has 0 aliphatic heterocycles. The fraction of sp³-hybridized carbons (Fsp3) is 0.467. The van der Waals surface area contributed by atoms with Gasteiger partial charge in [-0.15, -0.1) is 0 Å². The van der Waals surface area contributed by atoms with Gasteiger partial charge in [0, 0.05) is 0 Å². The van der Waals surface area contributed by atoms with Gasteiger partial charge >= 0.3 is 0 Å². The first-order valence-electron chi connectivity index (χ1n) is 7.17. The maximum Gasteiger partial charge on any atom is 0.186 e. The molecule has 0 bridgehead atoms. The standard InChI is InChI=1S/C15H28O2Si3/c1-8-13-11-9-10-12-14(13)18-15(16-19(2,3)4)17-20(5,6)7/h8-12,15H,1,18H2,2-7H3. The van der Waals surface area contributed by atoms with Crippen LogP contribution in [0.5, 0.6) is 0 Å². The van der Waals surface area contributed by atoms with Crippen molar-refractivity contribution >= 4 is 37.4 Å². The van der Waals surface area contributed by atoms with E-state index in [0.29, 0.717) is 0 Å². The zero-order valence-corrected chi connectivity index (χ0v) is 17.1. The predicted molar refractivity (Wildman–Crippen MR) is 97.4 cm³/mol. The van der Waals surface area contributed by atoms with Crippen LogP contribution in [0.3, 0.4) is 0 Å². The van der Waals surface area contributed by atoms with Crippen LogP contribution in [0.15, 0.2) is 30.8 Å². The summed E-state index contributed by atoms with van der Waals surface area (Å²) < 4.78 is 12.6. The van der Waals surface area contributed by atoms with E-state index in [4.69, 9.17) is 8.85 Å². The van der Waals surface area contributed by atoms with E-state index in [1.165, 1.54) is 10.8 Å². The molecule has 2 nitrogen and oxygen atoms in total. The van der Waals surface area contributed by atoms with Gasteiger partial charge in [0.1, 0.15) is 15.4 Å². The van der Waals surface area contributed by atoms with Gasteiger partial charge < -0.3 is 8.85 Å². The predicted octanol–water partition coefficient (Wildman–Crippen LogP) is 3.11. The van der Waals surface area contributed by atoms with Crippen molar-refractivity contribution in [1.82, 2.24) is 0 Å². The van der Waals surface area contributed by atoms with Crippen molar-refractivity contribution in [3.63, 3.8) is 0 Å². The van der Waals surface area contributed by atoms with Crippen LogP contribution >= 0.6 is 0 Å². The van der Waals surface area contributed by atoms with E-state index in [1.807, 2.05) is 6.08 Å². The van der Waals surface area contributed by atoms with Crippen molar-refractivity contribution in [3.05, 3.63) is 36.4 Å². The summed E-state index contributed by atoms with van der Waals surface area (Å²) in [6.07, 6.45) is 1.93. The zero-order chi connectivity index (χ0) is 15.4. The summed E-state index contributed by atoms with van der Waals surface area (Å²) in [6, 6.07) is 8.46. The van der Waals surface area contributed by atoms with Crippen LogP contribution in [0.2, 0.25) is 39.3 Å². The smallest absolute Gasteiger partial charge is 0.186 e.